The molecule has 3 heterocycles. The van der Waals surface area contributed by atoms with Crippen molar-refractivity contribution in [2.45, 2.75) is 18.7 Å². The van der Waals surface area contributed by atoms with Crippen LogP contribution in [0, 0.1) is 0 Å². The zero-order valence-corrected chi connectivity index (χ0v) is 17.0. The molecule has 0 saturated carbocycles. The van der Waals surface area contributed by atoms with Gasteiger partial charge in [-0.25, -0.2) is 5.01 Å². The minimum atomic E-state index is -0.216. The first-order valence-electron chi connectivity index (χ1n) is 9.61. The van der Waals surface area contributed by atoms with Crippen molar-refractivity contribution >= 4 is 39.4 Å². The van der Waals surface area contributed by atoms with E-state index >= 15 is 0 Å². The molecule has 29 heavy (non-hydrogen) atoms. The van der Waals surface area contributed by atoms with Crippen LogP contribution < -0.4 is 4.74 Å². The molecule has 5 heteroatoms. The Labute approximate surface area is 177 Å². The van der Waals surface area contributed by atoms with Gasteiger partial charge >= 0.3 is 0 Å². The number of hydrogen-bond donors (Lipinski definition) is 0. The first kappa shape index (κ1) is 17.1. The van der Waals surface area contributed by atoms with Gasteiger partial charge in [0.2, 0.25) is 6.23 Å². The van der Waals surface area contributed by atoms with Gasteiger partial charge in [0, 0.05) is 17.0 Å². The zero-order chi connectivity index (χ0) is 19.4. The third-order valence-corrected chi connectivity index (χ3v) is 6.76. The lowest BCUT2D eigenvalue weighted by Gasteiger charge is -2.37. The van der Waals surface area contributed by atoms with Gasteiger partial charge in [-0.2, -0.15) is 5.10 Å². The van der Waals surface area contributed by atoms with Gasteiger partial charge in [0.15, 0.2) is 0 Å². The summed E-state index contributed by atoms with van der Waals surface area (Å²) in [6, 6.07) is 25.1. The van der Waals surface area contributed by atoms with Crippen molar-refractivity contribution in [2.75, 3.05) is 0 Å². The molecule has 0 spiro atoms. The topological polar surface area (TPSA) is 24.8 Å². The van der Waals surface area contributed by atoms with E-state index in [2.05, 4.69) is 65.0 Å². The highest BCUT2D eigenvalue weighted by Gasteiger charge is 2.41. The van der Waals surface area contributed by atoms with Crippen LogP contribution in [0.5, 0.6) is 5.75 Å². The summed E-state index contributed by atoms with van der Waals surface area (Å²) in [5.41, 5.74) is 3.34. The van der Waals surface area contributed by atoms with Crippen molar-refractivity contribution in [3.05, 3.63) is 99.2 Å². The number of rotatable bonds is 2. The molecular formula is C24H17ClN2OS. The van der Waals surface area contributed by atoms with Gasteiger partial charge in [0.25, 0.3) is 0 Å². The molecule has 0 fully saturated rings. The molecule has 0 aliphatic carbocycles. The first-order chi connectivity index (χ1) is 14.3. The Morgan fingerprint density at radius 3 is 2.72 bits per heavy atom. The SMILES string of the molecule is Clc1ccc2c(c1)[C@H]1CC(c3ccc4ccccc4c3)=NN1[C@@H](c1cccs1)O2. The quantitative estimate of drug-likeness (QED) is 0.359. The van der Waals surface area contributed by atoms with Gasteiger partial charge in [-0.15, -0.1) is 11.3 Å². The molecule has 2 atom stereocenters. The van der Waals surface area contributed by atoms with Crippen LogP contribution in [-0.2, 0) is 0 Å². The second kappa shape index (κ2) is 6.61. The highest BCUT2D eigenvalue weighted by atomic mass is 35.5. The summed E-state index contributed by atoms with van der Waals surface area (Å²) in [4.78, 5) is 1.15. The van der Waals surface area contributed by atoms with Gasteiger partial charge in [-0.1, -0.05) is 54.1 Å². The molecule has 0 saturated heterocycles. The molecule has 1 aromatic heterocycles. The minimum absolute atomic E-state index is 0.117. The van der Waals surface area contributed by atoms with Crippen molar-refractivity contribution in [1.82, 2.24) is 5.01 Å². The number of benzene rings is 3. The molecule has 6 rings (SSSR count). The van der Waals surface area contributed by atoms with E-state index in [-0.39, 0.29) is 12.3 Å². The van der Waals surface area contributed by atoms with Crippen molar-refractivity contribution in [3.63, 3.8) is 0 Å². The van der Waals surface area contributed by atoms with Crippen LogP contribution in [0.25, 0.3) is 10.8 Å². The highest BCUT2D eigenvalue weighted by Crippen LogP contribution is 2.48. The van der Waals surface area contributed by atoms with Gasteiger partial charge in [0.1, 0.15) is 5.75 Å². The summed E-state index contributed by atoms with van der Waals surface area (Å²) >= 11 is 8.01. The highest BCUT2D eigenvalue weighted by molar-refractivity contribution is 7.10. The Kier molecular flexibility index (Phi) is 3.89. The fourth-order valence-electron chi connectivity index (χ4n) is 4.22. The van der Waals surface area contributed by atoms with Crippen LogP contribution in [-0.4, -0.2) is 10.7 Å². The Hall–Kier alpha value is -2.82. The predicted octanol–water partition coefficient (Wildman–Crippen LogP) is 6.80. The second-order valence-electron chi connectivity index (χ2n) is 7.38. The molecule has 142 valence electrons. The van der Waals surface area contributed by atoms with Crippen LogP contribution in [0.15, 0.2) is 83.3 Å². The Bertz CT molecular complexity index is 1250. The molecule has 0 bridgehead atoms. The van der Waals surface area contributed by atoms with Crippen molar-refractivity contribution in [2.24, 2.45) is 5.10 Å². The lowest BCUT2D eigenvalue weighted by molar-refractivity contribution is -0.0165. The lowest BCUT2D eigenvalue weighted by Crippen LogP contribution is -2.33. The molecule has 3 nitrogen and oxygen atoms in total. The maximum atomic E-state index is 6.37. The summed E-state index contributed by atoms with van der Waals surface area (Å²) in [7, 11) is 0. The molecule has 0 amide bonds. The van der Waals surface area contributed by atoms with Gasteiger partial charge in [-0.05, 0) is 52.0 Å². The molecule has 4 aromatic rings. The molecule has 2 aliphatic rings. The number of ether oxygens (including phenoxy) is 1. The van der Waals surface area contributed by atoms with E-state index in [4.69, 9.17) is 21.4 Å². The number of hydrazone groups is 1. The summed E-state index contributed by atoms with van der Waals surface area (Å²) in [5.74, 6) is 0.893. The van der Waals surface area contributed by atoms with Gasteiger partial charge in [0.05, 0.1) is 16.6 Å². The average molecular weight is 417 g/mol. The van der Waals surface area contributed by atoms with Crippen molar-refractivity contribution in [3.8, 4) is 5.75 Å². The number of hydrogen-bond acceptors (Lipinski definition) is 4. The normalized spacial score (nSPS) is 20.2. The van der Waals surface area contributed by atoms with E-state index in [1.165, 1.54) is 10.8 Å². The number of thiophene rings is 1. The molecular weight excluding hydrogens is 400 g/mol. The van der Waals surface area contributed by atoms with E-state index < -0.39 is 0 Å². The molecule has 3 aromatic carbocycles. The second-order valence-corrected chi connectivity index (χ2v) is 8.79. The lowest BCUT2D eigenvalue weighted by atomic mass is 9.95. The Morgan fingerprint density at radius 1 is 0.966 bits per heavy atom. The van der Waals surface area contributed by atoms with E-state index in [9.17, 15) is 0 Å². The monoisotopic (exact) mass is 416 g/mol. The van der Waals surface area contributed by atoms with Crippen LogP contribution in [0.2, 0.25) is 5.02 Å². The van der Waals surface area contributed by atoms with E-state index in [1.54, 1.807) is 11.3 Å². The van der Waals surface area contributed by atoms with E-state index in [0.717, 1.165) is 38.9 Å². The summed E-state index contributed by atoms with van der Waals surface area (Å²) in [5, 5.41) is 12.4. The van der Waals surface area contributed by atoms with Gasteiger partial charge in [-0.3, -0.25) is 0 Å². The summed E-state index contributed by atoms with van der Waals surface area (Å²) < 4.78 is 6.37. The predicted molar refractivity (Wildman–Crippen MR) is 119 cm³/mol. The molecule has 2 aliphatic heterocycles. The summed E-state index contributed by atoms with van der Waals surface area (Å²) in [6.45, 7) is 0. The van der Waals surface area contributed by atoms with E-state index in [1.807, 2.05) is 18.2 Å². The van der Waals surface area contributed by atoms with E-state index in [0.29, 0.717) is 0 Å². The Morgan fingerprint density at radius 2 is 1.86 bits per heavy atom. The maximum Gasteiger partial charge on any atom is 0.222 e. The zero-order valence-electron chi connectivity index (χ0n) is 15.5. The largest absolute Gasteiger partial charge is 0.464 e. The van der Waals surface area contributed by atoms with Crippen LogP contribution >= 0.6 is 22.9 Å². The molecule has 0 radical (unpaired) electrons. The summed E-state index contributed by atoms with van der Waals surface area (Å²) in [6.07, 6.45) is 0.614. The first-order valence-corrected chi connectivity index (χ1v) is 10.9. The van der Waals surface area contributed by atoms with Gasteiger partial charge < -0.3 is 4.74 Å². The van der Waals surface area contributed by atoms with Crippen molar-refractivity contribution < 1.29 is 4.74 Å². The fraction of sp³-hybridized carbons (Fsp3) is 0.125. The number of halogens is 1. The van der Waals surface area contributed by atoms with Crippen LogP contribution in [0.4, 0.5) is 0 Å². The number of nitrogens with zero attached hydrogens (tertiary/aromatic N) is 2. The third kappa shape index (κ3) is 2.83. The molecule has 0 N–H and O–H groups in total. The number of fused-ring (bicyclic) bond motifs is 4. The van der Waals surface area contributed by atoms with Crippen molar-refractivity contribution in [1.29, 1.82) is 0 Å². The molecule has 0 unspecified atom stereocenters. The smallest absolute Gasteiger partial charge is 0.222 e. The maximum absolute atomic E-state index is 6.37. The average Bonchev–Trinajstić information content (AvgIpc) is 3.43. The fourth-order valence-corrected chi connectivity index (χ4v) is 5.15. The minimum Gasteiger partial charge on any atom is -0.464 e. The third-order valence-electron chi connectivity index (χ3n) is 5.62. The van der Waals surface area contributed by atoms with Crippen LogP contribution in [0.1, 0.15) is 34.7 Å². The standard InChI is InChI=1S/C24H17ClN2OS/c25-18-9-10-22-19(13-18)21-14-20(17-8-7-15-4-1-2-5-16(15)12-17)26-27(21)24(28-22)23-6-3-11-29-23/h1-13,21,24H,14H2/t21-,24-/m1/s1. The van der Waals surface area contributed by atoms with Crippen LogP contribution in [0.3, 0.4) is 0 Å². The Balaban J connectivity index is 1.46.